The molecule has 2 saturated heterocycles. The van der Waals surface area contributed by atoms with Gasteiger partial charge in [0.05, 0.1) is 23.7 Å². The summed E-state index contributed by atoms with van der Waals surface area (Å²) in [5.74, 6) is 0.589. The monoisotopic (exact) mass is 290 g/mol. The highest BCUT2D eigenvalue weighted by Gasteiger charge is 2.32. The predicted octanol–water partition coefficient (Wildman–Crippen LogP) is 0.262. The molecule has 0 aromatic rings. The Bertz CT molecular complexity index is 385. The summed E-state index contributed by atoms with van der Waals surface area (Å²) in [6.45, 7) is 7.53. The third-order valence-electron chi connectivity index (χ3n) is 4.06. The van der Waals surface area contributed by atoms with Crippen molar-refractivity contribution >= 4 is 9.84 Å². The van der Waals surface area contributed by atoms with Crippen molar-refractivity contribution in [2.24, 2.45) is 0 Å². The first-order valence-electron chi connectivity index (χ1n) is 7.31. The Balaban J connectivity index is 1.76. The lowest BCUT2D eigenvalue weighted by atomic mass is 10.1. The van der Waals surface area contributed by atoms with Crippen LogP contribution >= 0.6 is 0 Å². The molecular formula is C13H26N2O3S. The van der Waals surface area contributed by atoms with Gasteiger partial charge in [0.1, 0.15) is 0 Å². The number of ether oxygens (including phenoxy) is 1. The molecule has 0 aromatic carbocycles. The van der Waals surface area contributed by atoms with Gasteiger partial charge in [-0.15, -0.1) is 0 Å². The second-order valence-electron chi connectivity index (χ2n) is 5.72. The minimum atomic E-state index is -2.81. The van der Waals surface area contributed by atoms with Crippen molar-refractivity contribution in [3.8, 4) is 0 Å². The third-order valence-corrected chi connectivity index (χ3v) is 5.86. The summed E-state index contributed by atoms with van der Waals surface area (Å²) in [5, 5.41) is 3.32. The fraction of sp³-hybridized carbons (Fsp3) is 1.00. The molecule has 5 nitrogen and oxygen atoms in total. The van der Waals surface area contributed by atoms with Crippen molar-refractivity contribution in [3.63, 3.8) is 0 Å². The SMILES string of the molecule is CCNCC1CCC(CN2CCS(=O)(=O)CC2C)O1. The van der Waals surface area contributed by atoms with Crippen LogP contribution in [0.1, 0.15) is 26.7 Å². The highest BCUT2D eigenvalue weighted by atomic mass is 32.2. The van der Waals surface area contributed by atoms with E-state index in [-0.39, 0.29) is 12.1 Å². The van der Waals surface area contributed by atoms with Gasteiger partial charge in [0.15, 0.2) is 9.84 Å². The number of rotatable bonds is 5. The maximum atomic E-state index is 11.5. The zero-order chi connectivity index (χ0) is 13.9. The number of sulfone groups is 1. The smallest absolute Gasteiger partial charge is 0.153 e. The van der Waals surface area contributed by atoms with Crippen LogP contribution in [0.4, 0.5) is 0 Å². The average Bonchev–Trinajstić information content (AvgIpc) is 2.77. The van der Waals surface area contributed by atoms with Crippen LogP contribution in [-0.4, -0.2) is 69.3 Å². The third kappa shape index (κ3) is 4.41. The molecule has 2 aliphatic heterocycles. The summed E-state index contributed by atoms with van der Waals surface area (Å²) in [5.41, 5.74) is 0. The molecule has 0 spiro atoms. The molecule has 3 unspecified atom stereocenters. The van der Waals surface area contributed by atoms with Gasteiger partial charge in [-0.3, -0.25) is 4.90 Å². The molecule has 0 aromatic heterocycles. The van der Waals surface area contributed by atoms with Crippen LogP contribution in [0.2, 0.25) is 0 Å². The summed E-state index contributed by atoms with van der Waals surface area (Å²) in [4.78, 5) is 2.27. The van der Waals surface area contributed by atoms with Crippen molar-refractivity contribution in [3.05, 3.63) is 0 Å². The van der Waals surface area contributed by atoms with E-state index in [0.717, 1.165) is 32.5 Å². The van der Waals surface area contributed by atoms with Gasteiger partial charge >= 0.3 is 0 Å². The van der Waals surface area contributed by atoms with E-state index in [4.69, 9.17) is 4.74 Å². The van der Waals surface area contributed by atoms with E-state index in [2.05, 4.69) is 17.1 Å². The Kier molecular flexibility index (Phi) is 5.22. The first kappa shape index (κ1) is 15.2. The predicted molar refractivity (Wildman–Crippen MR) is 76.1 cm³/mol. The molecule has 112 valence electrons. The molecule has 2 aliphatic rings. The van der Waals surface area contributed by atoms with Gasteiger partial charge in [-0.05, 0) is 26.3 Å². The zero-order valence-electron chi connectivity index (χ0n) is 12.0. The van der Waals surface area contributed by atoms with Crippen LogP contribution < -0.4 is 5.32 Å². The van der Waals surface area contributed by atoms with E-state index < -0.39 is 9.84 Å². The second-order valence-corrected chi connectivity index (χ2v) is 7.95. The van der Waals surface area contributed by atoms with Gasteiger partial charge < -0.3 is 10.1 Å². The quantitative estimate of drug-likeness (QED) is 0.787. The fourth-order valence-corrected chi connectivity index (χ4v) is 4.56. The standard InChI is InChI=1S/C13H26N2O3S/c1-3-14-8-12-4-5-13(18-12)9-15-6-7-19(16,17)10-11(15)2/h11-14H,3-10H2,1-2H3. The van der Waals surface area contributed by atoms with Crippen molar-refractivity contribution in [1.82, 2.24) is 10.2 Å². The number of nitrogens with zero attached hydrogens (tertiary/aromatic N) is 1. The summed E-state index contributed by atoms with van der Waals surface area (Å²) >= 11 is 0. The molecule has 1 N–H and O–H groups in total. The van der Waals surface area contributed by atoms with Gasteiger partial charge in [0.25, 0.3) is 0 Å². The maximum absolute atomic E-state index is 11.5. The highest BCUT2D eigenvalue weighted by Crippen LogP contribution is 2.22. The minimum absolute atomic E-state index is 0.121. The molecular weight excluding hydrogens is 264 g/mol. The van der Waals surface area contributed by atoms with E-state index >= 15 is 0 Å². The van der Waals surface area contributed by atoms with E-state index in [9.17, 15) is 8.42 Å². The number of hydrogen-bond acceptors (Lipinski definition) is 5. The molecule has 2 fully saturated rings. The van der Waals surface area contributed by atoms with E-state index in [0.29, 0.717) is 24.2 Å². The Morgan fingerprint density at radius 2 is 2.05 bits per heavy atom. The van der Waals surface area contributed by atoms with Gasteiger partial charge in [-0.25, -0.2) is 8.42 Å². The number of nitrogens with one attached hydrogen (secondary N) is 1. The lowest BCUT2D eigenvalue weighted by molar-refractivity contribution is 0.0182. The molecule has 0 saturated carbocycles. The Labute approximate surface area is 116 Å². The van der Waals surface area contributed by atoms with Gasteiger partial charge in [-0.2, -0.15) is 0 Å². The van der Waals surface area contributed by atoms with Crippen molar-refractivity contribution in [2.45, 2.75) is 44.9 Å². The number of hydrogen-bond donors (Lipinski definition) is 1. The van der Waals surface area contributed by atoms with E-state index in [1.165, 1.54) is 0 Å². The fourth-order valence-electron chi connectivity index (χ4n) is 2.94. The largest absolute Gasteiger partial charge is 0.372 e. The molecule has 6 heteroatoms. The second kappa shape index (κ2) is 6.52. The Hall–Kier alpha value is -0.170. The van der Waals surface area contributed by atoms with Crippen LogP contribution in [-0.2, 0) is 14.6 Å². The molecule has 0 aliphatic carbocycles. The van der Waals surface area contributed by atoms with Crippen molar-refractivity contribution < 1.29 is 13.2 Å². The Morgan fingerprint density at radius 3 is 2.74 bits per heavy atom. The van der Waals surface area contributed by atoms with E-state index in [1.807, 2.05) is 6.92 Å². The maximum Gasteiger partial charge on any atom is 0.153 e. The molecule has 19 heavy (non-hydrogen) atoms. The summed E-state index contributed by atoms with van der Waals surface area (Å²) in [6, 6.07) is 0.121. The zero-order valence-corrected chi connectivity index (χ0v) is 12.8. The highest BCUT2D eigenvalue weighted by molar-refractivity contribution is 7.91. The van der Waals surface area contributed by atoms with Gasteiger partial charge in [0.2, 0.25) is 0 Å². The van der Waals surface area contributed by atoms with Gasteiger partial charge in [-0.1, -0.05) is 6.92 Å². The summed E-state index contributed by atoms with van der Waals surface area (Å²) < 4.78 is 29.1. The lowest BCUT2D eigenvalue weighted by Crippen LogP contribution is -2.49. The van der Waals surface area contributed by atoms with E-state index in [1.54, 1.807) is 0 Å². The van der Waals surface area contributed by atoms with Gasteiger partial charge in [0, 0.05) is 25.7 Å². The van der Waals surface area contributed by atoms with Crippen molar-refractivity contribution in [2.75, 3.05) is 37.7 Å². The summed E-state index contributed by atoms with van der Waals surface area (Å²) in [6.07, 6.45) is 2.80. The first-order valence-corrected chi connectivity index (χ1v) is 9.13. The first-order chi connectivity index (χ1) is 9.00. The Morgan fingerprint density at radius 1 is 1.32 bits per heavy atom. The molecule has 2 rings (SSSR count). The molecule has 3 atom stereocenters. The molecule has 0 bridgehead atoms. The van der Waals surface area contributed by atoms with Crippen molar-refractivity contribution in [1.29, 1.82) is 0 Å². The average molecular weight is 290 g/mol. The lowest BCUT2D eigenvalue weighted by Gasteiger charge is -2.34. The van der Waals surface area contributed by atoms with Crippen LogP contribution in [0.3, 0.4) is 0 Å². The number of likely N-dealkylation sites (N-methyl/N-ethyl adjacent to an activating group) is 1. The topological polar surface area (TPSA) is 58.6 Å². The minimum Gasteiger partial charge on any atom is -0.372 e. The van der Waals surface area contributed by atoms with Crippen LogP contribution in [0.5, 0.6) is 0 Å². The van der Waals surface area contributed by atoms with Crippen LogP contribution in [0.15, 0.2) is 0 Å². The summed E-state index contributed by atoms with van der Waals surface area (Å²) in [7, 11) is -2.81. The van der Waals surface area contributed by atoms with Crippen LogP contribution in [0, 0.1) is 0 Å². The molecule has 0 amide bonds. The normalized spacial score (nSPS) is 35.6. The molecule has 2 heterocycles. The van der Waals surface area contributed by atoms with Crippen LogP contribution in [0.25, 0.3) is 0 Å². The molecule has 0 radical (unpaired) electrons.